The van der Waals surface area contributed by atoms with E-state index in [1.165, 1.54) is 0 Å². The zero-order chi connectivity index (χ0) is 18.0. The monoisotopic (exact) mass is 360 g/mol. The summed E-state index contributed by atoms with van der Waals surface area (Å²) in [5, 5.41) is 4.15. The molecule has 7 heteroatoms. The highest BCUT2D eigenvalue weighted by Crippen LogP contribution is 2.37. The number of carbonyl (C=O) groups is 2. The number of rotatable bonds is 3. The fourth-order valence-electron chi connectivity index (χ4n) is 2.80. The molecule has 2 heterocycles. The fraction of sp³-hybridized carbons (Fsp3) is 0.389. The third kappa shape index (κ3) is 3.71. The van der Waals surface area contributed by atoms with E-state index in [-0.39, 0.29) is 18.1 Å². The molecule has 0 bridgehead atoms. The Morgan fingerprint density at radius 2 is 2.12 bits per heavy atom. The molecule has 132 valence electrons. The van der Waals surface area contributed by atoms with E-state index in [1.54, 1.807) is 30.5 Å². The number of anilines is 1. The van der Waals surface area contributed by atoms with Gasteiger partial charge in [0.25, 0.3) is 5.91 Å². The molecule has 1 aromatic carbocycles. The predicted molar refractivity (Wildman–Crippen MR) is 95.0 cm³/mol. The van der Waals surface area contributed by atoms with Crippen LogP contribution in [0.15, 0.2) is 33.7 Å². The van der Waals surface area contributed by atoms with Gasteiger partial charge in [0, 0.05) is 16.7 Å². The molecule has 3 rings (SSSR count). The number of nitrogens with zero attached hydrogens (tertiary/aromatic N) is 2. The van der Waals surface area contributed by atoms with Gasteiger partial charge in [0.1, 0.15) is 11.3 Å². The van der Waals surface area contributed by atoms with Crippen molar-refractivity contribution in [1.82, 2.24) is 5.16 Å². The molecule has 0 radical (unpaired) electrons. The Hall–Kier alpha value is -2.28. The number of esters is 1. The Morgan fingerprint density at radius 1 is 1.36 bits per heavy atom. The van der Waals surface area contributed by atoms with Crippen LogP contribution < -0.4 is 4.90 Å². The van der Waals surface area contributed by atoms with Gasteiger partial charge in [-0.2, -0.15) is 0 Å². The summed E-state index contributed by atoms with van der Waals surface area (Å²) >= 11 is 1.76. The molecule has 1 amide bonds. The summed E-state index contributed by atoms with van der Waals surface area (Å²) in [4.78, 5) is 27.6. The average Bonchev–Trinajstić information content (AvgIpc) is 2.82. The molecule has 1 aliphatic rings. The van der Waals surface area contributed by atoms with Gasteiger partial charge in [-0.3, -0.25) is 4.79 Å². The second-order valence-corrected chi connectivity index (χ2v) is 7.49. The Balaban J connectivity index is 1.72. The molecule has 1 aromatic heterocycles. The third-order valence-electron chi connectivity index (χ3n) is 4.11. The number of hydrogen-bond donors (Lipinski definition) is 0. The second kappa shape index (κ2) is 7.31. The summed E-state index contributed by atoms with van der Waals surface area (Å²) in [7, 11) is 0. The van der Waals surface area contributed by atoms with E-state index in [2.05, 4.69) is 12.1 Å². The summed E-state index contributed by atoms with van der Waals surface area (Å²) in [6, 6.07) is 7.81. The molecule has 1 atom stereocenters. The second-order valence-electron chi connectivity index (χ2n) is 6.01. The van der Waals surface area contributed by atoms with Crippen molar-refractivity contribution in [2.45, 2.75) is 37.3 Å². The topological polar surface area (TPSA) is 72.6 Å². The number of hydrogen-bond acceptors (Lipinski definition) is 6. The third-order valence-corrected chi connectivity index (χ3v) is 5.35. The van der Waals surface area contributed by atoms with Crippen molar-refractivity contribution in [3.8, 4) is 0 Å². The highest BCUT2D eigenvalue weighted by molar-refractivity contribution is 8.00. The predicted octanol–water partition coefficient (Wildman–Crippen LogP) is 3.37. The van der Waals surface area contributed by atoms with Gasteiger partial charge < -0.3 is 14.2 Å². The van der Waals surface area contributed by atoms with E-state index < -0.39 is 5.97 Å². The quantitative estimate of drug-likeness (QED) is 0.782. The molecule has 0 fully saturated rings. The van der Waals surface area contributed by atoms with Crippen LogP contribution in [0.25, 0.3) is 0 Å². The lowest BCUT2D eigenvalue weighted by molar-refractivity contribution is -0.121. The van der Waals surface area contributed by atoms with Crippen molar-refractivity contribution >= 4 is 29.3 Å². The minimum absolute atomic E-state index is 0.234. The van der Waals surface area contributed by atoms with Crippen LogP contribution in [0.2, 0.25) is 0 Å². The molecule has 0 saturated heterocycles. The Labute approximate surface area is 150 Å². The number of para-hydroxylation sites is 1. The van der Waals surface area contributed by atoms with Crippen LogP contribution in [0.1, 0.15) is 35.2 Å². The lowest BCUT2D eigenvalue weighted by Gasteiger charge is -2.22. The molecule has 25 heavy (non-hydrogen) atoms. The highest BCUT2D eigenvalue weighted by Gasteiger charge is 2.26. The first-order valence-electron chi connectivity index (χ1n) is 8.13. The number of thioether (sulfide) groups is 1. The van der Waals surface area contributed by atoms with E-state index >= 15 is 0 Å². The first-order valence-corrected chi connectivity index (χ1v) is 9.01. The van der Waals surface area contributed by atoms with Crippen LogP contribution >= 0.6 is 11.8 Å². The maximum atomic E-state index is 12.7. The van der Waals surface area contributed by atoms with Crippen molar-refractivity contribution in [3.63, 3.8) is 0 Å². The van der Waals surface area contributed by atoms with Crippen LogP contribution in [0.3, 0.4) is 0 Å². The minimum Gasteiger partial charge on any atom is -0.452 e. The molecule has 0 spiro atoms. The van der Waals surface area contributed by atoms with Crippen molar-refractivity contribution in [2.75, 3.05) is 18.1 Å². The van der Waals surface area contributed by atoms with Gasteiger partial charge in [-0.15, -0.1) is 11.8 Å². The Kier molecular flexibility index (Phi) is 5.13. The summed E-state index contributed by atoms with van der Waals surface area (Å²) < 4.78 is 10.2. The van der Waals surface area contributed by atoms with Crippen LogP contribution in [0.4, 0.5) is 5.69 Å². The Morgan fingerprint density at radius 3 is 2.84 bits per heavy atom. The van der Waals surface area contributed by atoms with Crippen molar-refractivity contribution in [3.05, 3.63) is 41.3 Å². The van der Waals surface area contributed by atoms with E-state index in [4.69, 9.17) is 9.26 Å². The lowest BCUT2D eigenvalue weighted by atomic mass is 10.2. The zero-order valence-electron chi connectivity index (χ0n) is 14.4. The van der Waals surface area contributed by atoms with Gasteiger partial charge in [0.05, 0.1) is 11.4 Å². The normalized spacial score (nSPS) is 16.9. The minimum atomic E-state index is -0.588. The van der Waals surface area contributed by atoms with Crippen LogP contribution in [-0.4, -0.2) is 35.4 Å². The average molecular weight is 360 g/mol. The zero-order valence-corrected chi connectivity index (χ0v) is 15.3. The van der Waals surface area contributed by atoms with Gasteiger partial charge >= 0.3 is 5.97 Å². The van der Waals surface area contributed by atoms with Gasteiger partial charge in [0.15, 0.2) is 6.61 Å². The molecule has 0 aliphatic carbocycles. The van der Waals surface area contributed by atoms with Crippen molar-refractivity contribution < 1.29 is 18.8 Å². The summed E-state index contributed by atoms with van der Waals surface area (Å²) in [6.45, 7) is 5.75. The molecule has 0 saturated carbocycles. The molecular formula is C18H20N2O4S. The lowest BCUT2D eigenvalue weighted by Crippen LogP contribution is -2.35. The molecule has 2 aromatic rings. The van der Waals surface area contributed by atoms with E-state index in [9.17, 15) is 9.59 Å². The molecule has 6 nitrogen and oxygen atoms in total. The van der Waals surface area contributed by atoms with Crippen molar-refractivity contribution in [1.29, 1.82) is 0 Å². The van der Waals surface area contributed by atoms with E-state index in [0.29, 0.717) is 23.2 Å². The number of aromatic nitrogens is 1. The summed E-state index contributed by atoms with van der Waals surface area (Å²) in [5.41, 5.74) is 1.61. The van der Waals surface area contributed by atoms with Gasteiger partial charge in [-0.1, -0.05) is 24.2 Å². The summed E-state index contributed by atoms with van der Waals surface area (Å²) in [5.74, 6) is -0.432. The number of fused-ring (bicyclic) bond motifs is 1. The van der Waals surface area contributed by atoms with Crippen LogP contribution in [0, 0.1) is 13.8 Å². The van der Waals surface area contributed by atoms with Gasteiger partial charge in [-0.05, 0) is 32.4 Å². The number of ether oxygens (including phenoxy) is 1. The van der Waals surface area contributed by atoms with Crippen LogP contribution in [0.5, 0.6) is 0 Å². The molecule has 1 aliphatic heterocycles. The number of benzene rings is 1. The number of aryl methyl sites for hydroxylation is 2. The standard InChI is InChI=1S/C18H20N2O4S/c1-11-8-9-20(14-6-4-5-7-15(14)25-11)16(21)10-23-18(22)17-12(2)19-24-13(17)3/h4-7,11H,8-10H2,1-3H3. The first-order chi connectivity index (χ1) is 12.0. The summed E-state index contributed by atoms with van der Waals surface area (Å²) in [6.07, 6.45) is 0.878. The molecular weight excluding hydrogens is 340 g/mol. The van der Waals surface area contributed by atoms with Crippen LogP contribution in [-0.2, 0) is 9.53 Å². The van der Waals surface area contributed by atoms with E-state index in [1.807, 2.05) is 24.3 Å². The molecule has 1 unspecified atom stereocenters. The fourth-order valence-corrected chi connectivity index (χ4v) is 3.91. The highest BCUT2D eigenvalue weighted by atomic mass is 32.2. The largest absolute Gasteiger partial charge is 0.452 e. The smallest absolute Gasteiger partial charge is 0.344 e. The van der Waals surface area contributed by atoms with Gasteiger partial charge in [0.2, 0.25) is 0 Å². The molecule has 0 N–H and O–H groups in total. The maximum absolute atomic E-state index is 12.7. The van der Waals surface area contributed by atoms with Gasteiger partial charge in [-0.25, -0.2) is 4.79 Å². The SMILES string of the molecule is Cc1noc(C)c1C(=O)OCC(=O)N1CCC(C)Sc2ccccc21. The maximum Gasteiger partial charge on any atom is 0.344 e. The Bertz CT molecular complexity index is 783. The number of carbonyl (C=O) groups excluding carboxylic acids is 2. The number of amides is 1. The van der Waals surface area contributed by atoms with Crippen molar-refractivity contribution in [2.24, 2.45) is 0 Å². The van der Waals surface area contributed by atoms with E-state index in [0.717, 1.165) is 17.0 Å². The first kappa shape index (κ1) is 17.5.